The summed E-state index contributed by atoms with van der Waals surface area (Å²) in [6.07, 6.45) is 2.04. The van der Waals surface area contributed by atoms with Gasteiger partial charge in [-0.2, -0.15) is 5.26 Å². The van der Waals surface area contributed by atoms with E-state index in [0.29, 0.717) is 0 Å². The first-order valence-electron chi connectivity index (χ1n) is 4.04. The highest BCUT2D eigenvalue weighted by Gasteiger charge is 2.47. The molecule has 0 aromatic carbocycles. The minimum atomic E-state index is -0.143. The highest BCUT2D eigenvalue weighted by Crippen LogP contribution is 2.50. The van der Waals surface area contributed by atoms with Crippen LogP contribution in [0.1, 0.15) is 28.4 Å². The van der Waals surface area contributed by atoms with Gasteiger partial charge in [-0.25, -0.2) is 4.98 Å². The molecule has 1 fully saturated rings. The van der Waals surface area contributed by atoms with Crippen molar-refractivity contribution in [3.8, 4) is 6.07 Å². The Morgan fingerprint density at radius 3 is 2.50 bits per heavy atom. The Labute approximate surface area is 75.9 Å². The van der Waals surface area contributed by atoms with Gasteiger partial charge >= 0.3 is 0 Å². The number of nitrogens with zero attached hydrogens (tertiary/aromatic N) is 2. The van der Waals surface area contributed by atoms with Gasteiger partial charge in [-0.1, -0.05) is 0 Å². The van der Waals surface area contributed by atoms with Crippen LogP contribution in [0.5, 0.6) is 0 Å². The minimum Gasteiger partial charge on any atom is -0.247 e. The summed E-state index contributed by atoms with van der Waals surface area (Å²) in [6, 6.07) is 2.39. The summed E-state index contributed by atoms with van der Waals surface area (Å²) in [5, 5.41) is 10.0. The Kier molecular flexibility index (Phi) is 1.49. The predicted octanol–water partition coefficient (Wildman–Crippen LogP) is 2.32. The van der Waals surface area contributed by atoms with Gasteiger partial charge in [-0.15, -0.1) is 11.3 Å². The number of nitriles is 1. The molecule has 2 rings (SSSR count). The summed E-state index contributed by atoms with van der Waals surface area (Å²) in [5.74, 6) is 0. The summed E-state index contributed by atoms with van der Waals surface area (Å²) >= 11 is 1.67. The molecule has 1 aliphatic carbocycles. The first-order valence-corrected chi connectivity index (χ1v) is 4.85. The molecule has 12 heavy (non-hydrogen) atoms. The topological polar surface area (TPSA) is 36.7 Å². The van der Waals surface area contributed by atoms with Crippen molar-refractivity contribution in [3.63, 3.8) is 0 Å². The Bertz CT molecular complexity index is 355. The molecule has 0 N–H and O–H groups in total. The average Bonchev–Trinajstić information content (AvgIpc) is 2.74. The molecule has 0 aliphatic heterocycles. The lowest BCUT2D eigenvalue weighted by molar-refractivity contribution is 0.913. The zero-order valence-corrected chi connectivity index (χ0v) is 8.03. The van der Waals surface area contributed by atoms with E-state index in [2.05, 4.69) is 11.1 Å². The number of hydrogen-bond acceptors (Lipinski definition) is 3. The van der Waals surface area contributed by atoms with Crippen LogP contribution in [-0.2, 0) is 5.41 Å². The van der Waals surface area contributed by atoms with E-state index in [4.69, 9.17) is 5.26 Å². The third-order valence-corrected chi connectivity index (χ3v) is 3.58. The molecule has 1 aromatic rings. The molecule has 0 atom stereocenters. The van der Waals surface area contributed by atoms with Crippen molar-refractivity contribution >= 4 is 11.3 Å². The molecule has 2 nitrogen and oxygen atoms in total. The maximum Gasteiger partial charge on any atom is 0.0934 e. The van der Waals surface area contributed by atoms with Gasteiger partial charge < -0.3 is 0 Å². The summed E-state index contributed by atoms with van der Waals surface area (Å²) in [6.45, 7) is 3.99. The minimum absolute atomic E-state index is 0.143. The number of aromatic nitrogens is 1. The average molecular weight is 178 g/mol. The van der Waals surface area contributed by atoms with Crippen molar-refractivity contribution < 1.29 is 0 Å². The van der Waals surface area contributed by atoms with Gasteiger partial charge in [0.2, 0.25) is 0 Å². The molecule has 0 spiro atoms. The molecule has 0 bridgehead atoms. The quantitative estimate of drug-likeness (QED) is 0.661. The number of thiazole rings is 1. The van der Waals surface area contributed by atoms with Crippen molar-refractivity contribution in [2.24, 2.45) is 0 Å². The van der Waals surface area contributed by atoms with Crippen molar-refractivity contribution in [3.05, 3.63) is 15.6 Å². The van der Waals surface area contributed by atoms with E-state index >= 15 is 0 Å². The van der Waals surface area contributed by atoms with E-state index in [1.165, 1.54) is 4.88 Å². The van der Waals surface area contributed by atoms with Crippen LogP contribution in [0.4, 0.5) is 0 Å². The first kappa shape index (κ1) is 7.75. The van der Waals surface area contributed by atoms with E-state index < -0.39 is 0 Å². The Morgan fingerprint density at radius 2 is 2.17 bits per heavy atom. The van der Waals surface area contributed by atoms with Crippen LogP contribution in [0.25, 0.3) is 0 Å². The number of hydrogen-bond donors (Lipinski definition) is 0. The van der Waals surface area contributed by atoms with Crippen molar-refractivity contribution in [2.75, 3.05) is 0 Å². The zero-order chi connectivity index (χ0) is 8.77. The lowest BCUT2D eigenvalue weighted by atomic mass is 10.1. The van der Waals surface area contributed by atoms with E-state index in [1.54, 1.807) is 11.3 Å². The molecule has 0 saturated heterocycles. The van der Waals surface area contributed by atoms with Crippen LogP contribution in [0.3, 0.4) is 0 Å². The largest absolute Gasteiger partial charge is 0.247 e. The lowest BCUT2D eigenvalue weighted by Gasteiger charge is -2.00. The van der Waals surface area contributed by atoms with Crippen molar-refractivity contribution in [1.29, 1.82) is 5.26 Å². The lowest BCUT2D eigenvalue weighted by Crippen LogP contribution is -2.01. The summed E-state index contributed by atoms with van der Waals surface area (Å²) in [7, 11) is 0. The van der Waals surface area contributed by atoms with Gasteiger partial charge in [0.1, 0.15) is 0 Å². The van der Waals surface area contributed by atoms with Crippen LogP contribution in [0.2, 0.25) is 0 Å². The molecule has 0 radical (unpaired) electrons. The molecule has 1 saturated carbocycles. The smallest absolute Gasteiger partial charge is 0.0934 e. The fourth-order valence-electron chi connectivity index (χ4n) is 1.49. The molecule has 3 heteroatoms. The fraction of sp³-hybridized carbons (Fsp3) is 0.556. The second kappa shape index (κ2) is 2.30. The van der Waals surface area contributed by atoms with E-state index in [1.807, 2.05) is 13.8 Å². The molecule has 62 valence electrons. The zero-order valence-electron chi connectivity index (χ0n) is 7.22. The predicted molar refractivity (Wildman–Crippen MR) is 48.1 cm³/mol. The molecule has 0 unspecified atom stereocenters. The maximum absolute atomic E-state index is 8.97. The summed E-state index contributed by atoms with van der Waals surface area (Å²) < 4.78 is 0. The van der Waals surface area contributed by atoms with Crippen LogP contribution in [0, 0.1) is 25.2 Å². The molecule has 1 aliphatic rings. The molecule has 1 heterocycles. The van der Waals surface area contributed by atoms with Gasteiger partial charge in [0.25, 0.3) is 0 Å². The molecular formula is C9H10N2S. The molecule has 0 amide bonds. The van der Waals surface area contributed by atoms with Gasteiger partial charge in [0.15, 0.2) is 0 Å². The normalized spacial score (nSPS) is 18.8. The van der Waals surface area contributed by atoms with Crippen molar-refractivity contribution in [2.45, 2.75) is 32.1 Å². The Morgan fingerprint density at radius 1 is 1.50 bits per heavy atom. The summed E-state index contributed by atoms with van der Waals surface area (Å²) in [4.78, 5) is 5.53. The fourth-order valence-corrected chi connectivity index (χ4v) is 2.61. The highest BCUT2D eigenvalue weighted by atomic mass is 32.1. The van der Waals surface area contributed by atoms with E-state index in [0.717, 1.165) is 23.5 Å². The number of rotatable bonds is 1. The third-order valence-electron chi connectivity index (χ3n) is 2.30. The first-order chi connectivity index (χ1) is 5.68. The van der Waals surface area contributed by atoms with E-state index in [9.17, 15) is 0 Å². The second-order valence-electron chi connectivity index (χ2n) is 3.34. The number of aryl methyl sites for hydroxylation is 2. The highest BCUT2D eigenvalue weighted by molar-refractivity contribution is 7.11. The monoisotopic (exact) mass is 178 g/mol. The standard InChI is InChI=1S/C9H10N2S/c1-6-8(12-7(2)11-6)9(5-10)3-4-9/h3-4H2,1-2H3. The molecular weight excluding hydrogens is 168 g/mol. The van der Waals surface area contributed by atoms with Crippen LogP contribution >= 0.6 is 11.3 Å². The third kappa shape index (κ3) is 0.953. The van der Waals surface area contributed by atoms with Crippen LogP contribution < -0.4 is 0 Å². The van der Waals surface area contributed by atoms with Crippen LogP contribution in [0.15, 0.2) is 0 Å². The second-order valence-corrected chi connectivity index (χ2v) is 4.54. The van der Waals surface area contributed by atoms with E-state index in [-0.39, 0.29) is 5.41 Å². The maximum atomic E-state index is 8.97. The van der Waals surface area contributed by atoms with Crippen molar-refractivity contribution in [1.82, 2.24) is 4.98 Å². The van der Waals surface area contributed by atoms with Gasteiger partial charge in [-0.05, 0) is 26.7 Å². The van der Waals surface area contributed by atoms with Gasteiger partial charge in [0.05, 0.1) is 22.2 Å². The SMILES string of the molecule is Cc1nc(C)c(C2(C#N)CC2)s1. The Hall–Kier alpha value is -0.880. The Balaban J connectivity index is 2.48. The van der Waals surface area contributed by atoms with Crippen LogP contribution in [-0.4, -0.2) is 4.98 Å². The summed E-state index contributed by atoms with van der Waals surface area (Å²) in [5.41, 5.74) is 0.910. The molecule has 1 aromatic heterocycles. The van der Waals surface area contributed by atoms with Gasteiger partial charge in [-0.3, -0.25) is 0 Å². The van der Waals surface area contributed by atoms with Gasteiger partial charge in [0, 0.05) is 4.88 Å².